The van der Waals surface area contributed by atoms with Crippen molar-refractivity contribution in [3.8, 4) is 17.1 Å². The smallest absolute Gasteiger partial charge is 0.341 e. The van der Waals surface area contributed by atoms with Gasteiger partial charge in [0.1, 0.15) is 5.56 Å². The highest BCUT2D eigenvalue weighted by molar-refractivity contribution is 5.97. The number of carbonyl (C=O) groups is 1. The van der Waals surface area contributed by atoms with Crippen molar-refractivity contribution in [2.45, 2.75) is 0 Å². The zero-order valence-electron chi connectivity index (χ0n) is 11.6. The maximum Gasteiger partial charge on any atom is 0.341 e. The first-order valence-electron chi connectivity index (χ1n) is 6.30. The Morgan fingerprint density at radius 3 is 2.86 bits per heavy atom. The number of pyridine rings is 2. The summed E-state index contributed by atoms with van der Waals surface area (Å²) >= 11 is 0. The summed E-state index contributed by atoms with van der Waals surface area (Å²) in [5.41, 5.74) is 2.85. The molecule has 21 heavy (non-hydrogen) atoms. The van der Waals surface area contributed by atoms with Crippen LogP contribution in [0.3, 0.4) is 0 Å². The van der Waals surface area contributed by atoms with E-state index in [0.29, 0.717) is 17.0 Å². The summed E-state index contributed by atoms with van der Waals surface area (Å²) in [6, 6.07) is 9.27. The molecular formula is C15H13N3O3. The number of hydrogen-bond donors (Lipinski definition) is 0. The number of fused-ring (bicyclic) bond motifs is 1. The van der Waals surface area contributed by atoms with Gasteiger partial charge in [-0.05, 0) is 18.2 Å². The standard InChI is InChI=1S/C15H13N3O3/c1-20-14-8-10(6-7-16-14)12-4-3-5-13-11(15(19)21-2)9-17-18(12)13/h3-9H,1-2H3. The monoisotopic (exact) mass is 283 g/mol. The number of esters is 1. The van der Waals surface area contributed by atoms with Crippen molar-refractivity contribution in [1.29, 1.82) is 0 Å². The van der Waals surface area contributed by atoms with E-state index in [2.05, 4.69) is 10.1 Å². The molecule has 6 heteroatoms. The van der Waals surface area contributed by atoms with E-state index in [9.17, 15) is 4.79 Å². The molecule has 106 valence electrons. The molecule has 3 heterocycles. The number of aromatic nitrogens is 3. The molecule has 0 aliphatic heterocycles. The lowest BCUT2D eigenvalue weighted by atomic mass is 10.1. The number of methoxy groups -OCH3 is 2. The van der Waals surface area contributed by atoms with Crippen LogP contribution in [0, 0.1) is 0 Å². The second-order valence-corrected chi connectivity index (χ2v) is 4.34. The molecule has 3 aromatic rings. The highest BCUT2D eigenvalue weighted by Crippen LogP contribution is 2.24. The Balaban J connectivity index is 2.19. The van der Waals surface area contributed by atoms with Crippen LogP contribution in [0.25, 0.3) is 16.8 Å². The Kier molecular flexibility index (Phi) is 3.27. The number of nitrogens with zero attached hydrogens (tertiary/aromatic N) is 3. The van der Waals surface area contributed by atoms with Gasteiger partial charge in [0.15, 0.2) is 0 Å². The quantitative estimate of drug-likeness (QED) is 0.689. The fourth-order valence-corrected chi connectivity index (χ4v) is 2.18. The van der Waals surface area contributed by atoms with Crippen LogP contribution in [-0.4, -0.2) is 34.8 Å². The Hall–Kier alpha value is -2.89. The lowest BCUT2D eigenvalue weighted by Crippen LogP contribution is -2.01. The third-order valence-electron chi connectivity index (χ3n) is 3.19. The second kappa shape index (κ2) is 5.24. The number of ether oxygens (including phenoxy) is 2. The minimum atomic E-state index is -0.408. The minimum Gasteiger partial charge on any atom is -0.481 e. The molecule has 0 saturated heterocycles. The summed E-state index contributed by atoms with van der Waals surface area (Å²) in [6.07, 6.45) is 3.17. The Labute approximate surface area is 120 Å². The SMILES string of the molecule is COC(=O)c1cnn2c(-c3ccnc(OC)c3)cccc12. The predicted octanol–water partition coefficient (Wildman–Crippen LogP) is 2.19. The fraction of sp³-hybridized carbons (Fsp3) is 0.133. The van der Waals surface area contributed by atoms with E-state index in [1.54, 1.807) is 17.8 Å². The molecule has 0 aromatic carbocycles. The number of hydrogen-bond acceptors (Lipinski definition) is 5. The predicted molar refractivity (Wildman–Crippen MR) is 76.3 cm³/mol. The molecule has 3 aromatic heterocycles. The average Bonchev–Trinajstić information content (AvgIpc) is 2.98. The van der Waals surface area contributed by atoms with Crippen molar-refractivity contribution in [3.05, 3.63) is 48.3 Å². The zero-order valence-corrected chi connectivity index (χ0v) is 11.6. The van der Waals surface area contributed by atoms with Gasteiger partial charge in [-0.2, -0.15) is 5.10 Å². The van der Waals surface area contributed by atoms with E-state index in [-0.39, 0.29) is 0 Å². The van der Waals surface area contributed by atoms with Crippen molar-refractivity contribution in [1.82, 2.24) is 14.6 Å². The molecule has 0 amide bonds. The van der Waals surface area contributed by atoms with Gasteiger partial charge in [0, 0.05) is 17.8 Å². The van der Waals surface area contributed by atoms with E-state index in [4.69, 9.17) is 9.47 Å². The maximum absolute atomic E-state index is 11.7. The van der Waals surface area contributed by atoms with Gasteiger partial charge >= 0.3 is 5.97 Å². The first kappa shape index (κ1) is 13.1. The molecule has 0 unspecified atom stereocenters. The lowest BCUT2D eigenvalue weighted by Gasteiger charge is -2.06. The van der Waals surface area contributed by atoms with Crippen molar-refractivity contribution in [2.75, 3.05) is 14.2 Å². The van der Waals surface area contributed by atoms with Gasteiger partial charge in [0.25, 0.3) is 0 Å². The number of carbonyl (C=O) groups excluding carboxylic acids is 1. The first-order chi connectivity index (χ1) is 10.2. The van der Waals surface area contributed by atoms with Gasteiger partial charge < -0.3 is 9.47 Å². The van der Waals surface area contributed by atoms with E-state index >= 15 is 0 Å². The maximum atomic E-state index is 11.7. The molecule has 0 aliphatic carbocycles. The molecule has 0 spiro atoms. The van der Waals surface area contributed by atoms with Crippen LogP contribution in [0.15, 0.2) is 42.7 Å². The third-order valence-corrected chi connectivity index (χ3v) is 3.19. The lowest BCUT2D eigenvalue weighted by molar-refractivity contribution is 0.0603. The molecule has 6 nitrogen and oxygen atoms in total. The minimum absolute atomic E-state index is 0.408. The third kappa shape index (κ3) is 2.20. The Morgan fingerprint density at radius 1 is 1.24 bits per heavy atom. The van der Waals surface area contributed by atoms with Crippen molar-refractivity contribution in [2.24, 2.45) is 0 Å². The van der Waals surface area contributed by atoms with Crippen LogP contribution in [0.5, 0.6) is 5.88 Å². The molecular weight excluding hydrogens is 270 g/mol. The van der Waals surface area contributed by atoms with Crippen LogP contribution in [-0.2, 0) is 4.74 Å². The van der Waals surface area contributed by atoms with Crippen LogP contribution in [0.4, 0.5) is 0 Å². The summed E-state index contributed by atoms with van der Waals surface area (Å²) in [7, 11) is 2.92. The fourth-order valence-electron chi connectivity index (χ4n) is 2.18. The van der Waals surface area contributed by atoms with E-state index in [1.807, 2.05) is 30.3 Å². The van der Waals surface area contributed by atoms with Gasteiger partial charge in [0.05, 0.1) is 31.6 Å². The van der Waals surface area contributed by atoms with Crippen molar-refractivity contribution < 1.29 is 14.3 Å². The molecule has 0 saturated carbocycles. The van der Waals surface area contributed by atoms with Crippen molar-refractivity contribution in [3.63, 3.8) is 0 Å². The van der Waals surface area contributed by atoms with Crippen LogP contribution >= 0.6 is 0 Å². The Bertz CT molecular complexity index is 811. The summed E-state index contributed by atoms with van der Waals surface area (Å²) in [5.74, 6) is 0.110. The van der Waals surface area contributed by atoms with E-state index in [0.717, 1.165) is 11.3 Å². The molecule has 0 N–H and O–H groups in total. The molecule has 0 bridgehead atoms. The van der Waals surface area contributed by atoms with Crippen LogP contribution in [0.2, 0.25) is 0 Å². The topological polar surface area (TPSA) is 65.7 Å². The van der Waals surface area contributed by atoms with E-state index in [1.165, 1.54) is 13.3 Å². The summed E-state index contributed by atoms with van der Waals surface area (Å²) in [6.45, 7) is 0. The van der Waals surface area contributed by atoms with Gasteiger partial charge in [-0.15, -0.1) is 0 Å². The molecule has 0 fully saturated rings. The molecule has 0 radical (unpaired) electrons. The summed E-state index contributed by atoms with van der Waals surface area (Å²) in [5, 5.41) is 4.27. The first-order valence-corrected chi connectivity index (χ1v) is 6.30. The van der Waals surface area contributed by atoms with Crippen molar-refractivity contribution >= 4 is 11.5 Å². The second-order valence-electron chi connectivity index (χ2n) is 4.34. The molecule has 0 aliphatic rings. The van der Waals surface area contributed by atoms with E-state index < -0.39 is 5.97 Å². The largest absolute Gasteiger partial charge is 0.481 e. The normalized spacial score (nSPS) is 10.6. The summed E-state index contributed by atoms with van der Waals surface area (Å²) in [4.78, 5) is 15.8. The number of rotatable bonds is 3. The summed E-state index contributed by atoms with van der Waals surface area (Å²) < 4.78 is 11.6. The Morgan fingerprint density at radius 2 is 2.10 bits per heavy atom. The zero-order chi connectivity index (χ0) is 14.8. The highest BCUT2D eigenvalue weighted by atomic mass is 16.5. The van der Waals surface area contributed by atoms with Crippen LogP contribution in [0.1, 0.15) is 10.4 Å². The average molecular weight is 283 g/mol. The van der Waals surface area contributed by atoms with Crippen LogP contribution < -0.4 is 4.74 Å². The van der Waals surface area contributed by atoms with Gasteiger partial charge in [-0.3, -0.25) is 0 Å². The molecule has 0 atom stereocenters. The van der Waals surface area contributed by atoms with Gasteiger partial charge in [0.2, 0.25) is 5.88 Å². The van der Waals surface area contributed by atoms with Gasteiger partial charge in [-0.1, -0.05) is 6.07 Å². The highest BCUT2D eigenvalue weighted by Gasteiger charge is 2.15. The van der Waals surface area contributed by atoms with Gasteiger partial charge in [-0.25, -0.2) is 14.3 Å². The molecule has 3 rings (SSSR count).